The van der Waals surface area contributed by atoms with Crippen molar-refractivity contribution in [1.82, 2.24) is 16.0 Å². The molecule has 0 aromatic rings. The van der Waals surface area contributed by atoms with Crippen molar-refractivity contribution in [3.63, 3.8) is 0 Å². The number of amides is 4. The normalized spacial score (nSPS) is 15.1. The number of nitrogens with one attached hydrogen (secondary N) is 3. The minimum atomic E-state index is -1.50. The highest BCUT2D eigenvalue weighted by molar-refractivity contribution is 7.80. The second kappa shape index (κ2) is 12.2. The summed E-state index contributed by atoms with van der Waals surface area (Å²) in [7, 11) is 0. The number of carbonyl (C=O) groups excluding carboxylic acids is 4. The average molecular weight is 421 g/mol. The largest absolute Gasteiger partial charge is 0.480 e. The molecule has 28 heavy (non-hydrogen) atoms. The summed E-state index contributed by atoms with van der Waals surface area (Å²) in [5.74, 6) is -5.41. The number of rotatable bonds is 12. The Hall–Kier alpha value is -2.38. The van der Waals surface area contributed by atoms with Gasteiger partial charge in [0, 0.05) is 5.75 Å². The molecule has 0 aliphatic rings. The first-order valence-corrected chi connectivity index (χ1v) is 8.97. The Morgan fingerprint density at radius 2 is 1.46 bits per heavy atom. The lowest BCUT2D eigenvalue weighted by atomic mass is 10.0. The number of aliphatic hydroxyl groups excluding tert-OH is 1. The standard InChI is InChI=1S/C15H27N5O7S/c1-6(2)11(15(26)27)20-13(24)8(3-10(17)22)18-14(25)9(4-21)19-12(23)7(16)5-28/h6-9,11,21,28H,3-5,16H2,1-2H3,(H2,17,22)(H,18,25)(H,19,23)(H,20,24)(H,26,27). The van der Waals surface area contributed by atoms with Crippen molar-refractivity contribution >= 4 is 42.2 Å². The Morgan fingerprint density at radius 3 is 1.86 bits per heavy atom. The van der Waals surface area contributed by atoms with E-state index in [-0.39, 0.29) is 5.75 Å². The monoisotopic (exact) mass is 421 g/mol. The molecule has 4 unspecified atom stereocenters. The SMILES string of the molecule is CC(C)C(NC(=O)C(CC(N)=O)NC(=O)C(CO)NC(=O)C(N)CS)C(=O)O. The van der Waals surface area contributed by atoms with Crippen LogP contribution in [0.1, 0.15) is 20.3 Å². The van der Waals surface area contributed by atoms with Crippen LogP contribution in [-0.4, -0.2) is 76.3 Å². The van der Waals surface area contributed by atoms with Crippen LogP contribution < -0.4 is 27.4 Å². The third kappa shape index (κ3) is 8.54. The van der Waals surface area contributed by atoms with Gasteiger partial charge < -0.3 is 37.6 Å². The predicted molar refractivity (Wildman–Crippen MR) is 101 cm³/mol. The quantitative estimate of drug-likeness (QED) is 0.146. The van der Waals surface area contributed by atoms with E-state index < -0.39 is 72.7 Å². The number of primary amides is 1. The van der Waals surface area contributed by atoms with E-state index in [1.54, 1.807) is 13.8 Å². The summed E-state index contributed by atoms with van der Waals surface area (Å²) >= 11 is 3.84. The molecule has 0 radical (unpaired) electrons. The van der Waals surface area contributed by atoms with Gasteiger partial charge in [0.1, 0.15) is 18.1 Å². The van der Waals surface area contributed by atoms with Crippen molar-refractivity contribution < 1.29 is 34.2 Å². The summed E-state index contributed by atoms with van der Waals surface area (Å²) in [6.07, 6.45) is -0.621. The molecule has 0 aliphatic heterocycles. The van der Waals surface area contributed by atoms with Gasteiger partial charge in [-0.05, 0) is 5.92 Å². The zero-order valence-electron chi connectivity index (χ0n) is 15.5. The molecule has 0 heterocycles. The second-order valence-corrected chi connectivity index (χ2v) is 6.70. The van der Waals surface area contributed by atoms with Crippen molar-refractivity contribution in [2.45, 2.75) is 44.4 Å². The van der Waals surface area contributed by atoms with E-state index in [4.69, 9.17) is 16.6 Å². The first-order valence-electron chi connectivity index (χ1n) is 8.34. The fraction of sp³-hybridized carbons (Fsp3) is 0.667. The van der Waals surface area contributed by atoms with E-state index >= 15 is 0 Å². The van der Waals surface area contributed by atoms with Crippen molar-refractivity contribution in [2.24, 2.45) is 17.4 Å². The summed E-state index contributed by atoms with van der Waals surface area (Å²) in [6.45, 7) is 2.30. The van der Waals surface area contributed by atoms with Crippen LogP contribution in [0.4, 0.5) is 0 Å². The number of nitrogens with two attached hydrogens (primary N) is 2. The number of hydrogen-bond acceptors (Lipinski definition) is 8. The summed E-state index contributed by atoms with van der Waals surface area (Å²) < 4.78 is 0. The van der Waals surface area contributed by atoms with Crippen molar-refractivity contribution in [2.75, 3.05) is 12.4 Å². The molecule has 0 aromatic heterocycles. The van der Waals surface area contributed by atoms with E-state index in [0.29, 0.717) is 0 Å². The van der Waals surface area contributed by atoms with Gasteiger partial charge in [-0.1, -0.05) is 13.8 Å². The summed E-state index contributed by atoms with van der Waals surface area (Å²) in [5.41, 5.74) is 10.5. The van der Waals surface area contributed by atoms with E-state index in [1.807, 2.05) is 0 Å². The van der Waals surface area contributed by atoms with E-state index in [2.05, 4.69) is 28.6 Å². The van der Waals surface area contributed by atoms with Gasteiger partial charge in [0.15, 0.2) is 0 Å². The number of aliphatic carboxylic acids is 1. The van der Waals surface area contributed by atoms with Crippen LogP contribution in [-0.2, 0) is 24.0 Å². The highest BCUT2D eigenvalue weighted by atomic mass is 32.1. The van der Waals surface area contributed by atoms with Gasteiger partial charge in [0.05, 0.1) is 19.1 Å². The molecular weight excluding hydrogens is 394 g/mol. The zero-order valence-corrected chi connectivity index (χ0v) is 16.4. The molecule has 0 saturated carbocycles. The zero-order chi connectivity index (χ0) is 22.0. The molecule has 4 amide bonds. The summed E-state index contributed by atoms with van der Waals surface area (Å²) in [4.78, 5) is 58.8. The third-order valence-electron chi connectivity index (χ3n) is 3.62. The highest BCUT2D eigenvalue weighted by Crippen LogP contribution is 2.04. The minimum Gasteiger partial charge on any atom is -0.480 e. The Labute approximate surface area is 167 Å². The number of carboxylic acid groups (broad SMARTS) is 1. The molecule has 160 valence electrons. The number of hydrogen-bond donors (Lipinski definition) is 8. The molecular formula is C15H27N5O7S. The lowest BCUT2D eigenvalue weighted by molar-refractivity contribution is -0.143. The smallest absolute Gasteiger partial charge is 0.326 e. The third-order valence-corrected chi connectivity index (χ3v) is 4.01. The Kier molecular flexibility index (Phi) is 11.1. The van der Waals surface area contributed by atoms with Crippen LogP contribution >= 0.6 is 12.6 Å². The van der Waals surface area contributed by atoms with Crippen LogP contribution in [0.25, 0.3) is 0 Å². The molecule has 0 spiro atoms. The number of aliphatic hydroxyl groups is 1. The average Bonchev–Trinajstić information content (AvgIpc) is 2.61. The van der Waals surface area contributed by atoms with Crippen LogP contribution in [0.15, 0.2) is 0 Å². The van der Waals surface area contributed by atoms with Gasteiger partial charge in [-0.2, -0.15) is 12.6 Å². The van der Waals surface area contributed by atoms with Crippen molar-refractivity contribution in [3.8, 4) is 0 Å². The number of carbonyl (C=O) groups is 5. The molecule has 12 nitrogen and oxygen atoms in total. The first kappa shape index (κ1) is 25.6. The van der Waals surface area contributed by atoms with Crippen molar-refractivity contribution in [3.05, 3.63) is 0 Å². The van der Waals surface area contributed by atoms with Crippen LogP contribution in [0.2, 0.25) is 0 Å². The number of carboxylic acids is 1. The Morgan fingerprint density at radius 1 is 0.964 bits per heavy atom. The lowest BCUT2D eigenvalue weighted by Gasteiger charge is -2.24. The molecule has 0 rings (SSSR count). The molecule has 0 aromatic carbocycles. The maximum absolute atomic E-state index is 12.3. The molecule has 13 heteroatoms. The van der Waals surface area contributed by atoms with Crippen LogP contribution in [0.5, 0.6) is 0 Å². The van der Waals surface area contributed by atoms with E-state index in [0.717, 1.165) is 0 Å². The molecule has 0 fully saturated rings. The minimum absolute atomic E-state index is 0.00984. The topological polar surface area (TPSA) is 214 Å². The van der Waals surface area contributed by atoms with Gasteiger partial charge in [-0.15, -0.1) is 0 Å². The number of thiol groups is 1. The van der Waals surface area contributed by atoms with Gasteiger partial charge in [0.25, 0.3) is 0 Å². The molecule has 4 atom stereocenters. The maximum atomic E-state index is 12.3. The van der Waals surface area contributed by atoms with Crippen LogP contribution in [0.3, 0.4) is 0 Å². The Bertz CT molecular complexity index is 601. The van der Waals surface area contributed by atoms with Crippen LogP contribution in [0, 0.1) is 5.92 Å². The van der Waals surface area contributed by atoms with Gasteiger partial charge >= 0.3 is 5.97 Å². The fourth-order valence-electron chi connectivity index (χ4n) is 2.01. The molecule has 9 N–H and O–H groups in total. The fourth-order valence-corrected chi connectivity index (χ4v) is 2.17. The summed E-state index contributed by atoms with van der Waals surface area (Å²) in [6, 6.07) is -5.25. The first-order chi connectivity index (χ1) is 12.9. The highest BCUT2D eigenvalue weighted by Gasteiger charge is 2.31. The lowest BCUT2D eigenvalue weighted by Crippen LogP contribution is -2.59. The van der Waals surface area contributed by atoms with E-state index in [1.165, 1.54) is 0 Å². The predicted octanol–water partition coefficient (Wildman–Crippen LogP) is -3.69. The van der Waals surface area contributed by atoms with E-state index in [9.17, 15) is 29.1 Å². The second-order valence-electron chi connectivity index (χ2n) is 6.33. The molecule has 0 bridgehead atoms. The maximum Gasteiger partial charge on any atom is 0.326 e. The summed E-state index contributed by atoms with van der Waals surface area (Å²) in [5, 5.41) is 25.0. The van der Waals surface area contributed by atoms with Gasteiger partial charge in [-0.25, -0.2) is 4.79 Å². The molecule has 0 saturated heterocycles. The molecule has 0 aliphatic carbocycles. The van der Waals surface area contributed by atoms with Crippen molar-refractivity contribution in [1.29, 1.82) is 0 Å². The van der Waals surface area contributed by atoms with Gasteiger partial charge in [-0.3, -0.25) is 19.2 Å². The Balaban J connectivity index is 5.26. The van der Waals surface area contributed by atoms with Gasteiger partial charge in [0.2, 0.25) is 23.6 Å².